The third-order valence-electron chi connectivity index (χ3n) is 8.07. The number of hydrogen-bond donors (Lipinski definition) is 0. The largest absolute Gasteiger partial charge is 0.416 e. The average molecular weight is 680 g/mol. The molecule has 0 bridgehead atoms. The fourth-order valence-electron chi connectivity index (χ4n) is 5.75. The van der Waals surface area contributed by atoms with Crippen LogP contribution in [0.25, 0.3) is 0 Å². The first-order valence-corrected chi connectivity index (χ1v) is 15.2. The molecule has 1 aliphatic carbocycles. The van der Waals surface area contributed by atoms with Crippen molar-refractivity contribution in [3.63, 3.8) is 0 Å². The fraction of sp³-hybridized carbons (Fsp3) is 0.400. The van der Waals surface area contributed by atoms with Crippen molar-refractivity contribution in [2.75, 3.05) is 13.1 Å². The van der Waals surface area contributed by atoms with Crippen molar-refractivity contribution >= 4 is 28.3 Å². The molecule has 244 valence electrons. The predicted molar refractivity (Wildman–Crippen MR) is 152 cm³/mol. The highest BCUT2D eigenvalue weighted by molar-refractivity contribution is 7.89. The smallest absolute Gasteiger partial charge is 0.335 e. The lowest BCUT2D eigenvalue weighted by Crippen LogP contribution is -2.48. The van der Waals surface area contributed by atoms with Crippen LogP contribution in [-0.2, 0) is 33.7 Å². The van der Waals surface area contributed by atoms with Crippen LogP contribution in [0, 0.1) is 18.7 Å². The van der Waals surface area contributed by atoms with E-state index in [2.05, 4.69) is 4.98 Å². The Labute approximate surface area is 261 Å². The molecule has 2 atom stereocenters. The van der Waals surface area contributed by atoms with Gasteiger partial charge in [-0.25, -0.2) is 12.8 Å². The van der Waals surface area contributed by atoms with Crippen molar-refractivity contribution in [3.05, 3.63) is 94.6 Å². The Morgan fingerprint density at radius 2 is 1.62 bits per heavy atom. The molecule has 5 rings (SSSR count). The van der Waals surface area contributed by atoms with Gasteiger partial charge in [-0.3, -0.25) is 9.78 Å². The van der Waals surface area contributed by atoms with E-state index in [1.54, 1.807) is 6.92 Å². The first-order valence-electron chi connectivity index (χ1n) is 13.8. The number of rotatable bonds is 7. The number of piperidine rings is 1. The summed E-state index contributed by atoms with van der Waals surface area (Å²) in [4.78, 5) is 19.3. The van der Waals surface area contributed by atoms with Gasteiger partial charge in [-0.15, -0.1) is 12.4 Å². The Morgan fingerprint density at radius 3 is 2.16 bits per heavy atom. The highest BCUT2D eigenvalue weighted by Gasteiger charge is 2.45. The highest BCUT2D eigenvalue weighted by Crippen LogP contribution is 2.41. The first-order chi connectivity index (χ1) is 20.6. The number of amides is 1. The zero-order chi connectivity index (χ0) is 32.0. The molecule has 0 N–H and O–H groups in total. The Kier molecular flexibility index (Phi) is 9.91. The number of sulfonamides is 1. The van der Waals surface area contributed by atoms with E-state index in [9.17, 15) is 43.9 Å². The van der Waals surface area contributed by atoms with E-state index in [-0.39, 0.29) is 48.4 Å². The molecule has 0 spiro atoms. The molecule has 2 aliphatic rings. The molecule has 0 radical (unpaired) electrons. The molecule has 2 heterocycles. The van der Waals surface area contributed by atoms with Crippen LogP contribution >= 0.6 is 12.4 Å². The van der Waals surface area contributed by atoms with Crippen LogP contribution in [0.1, 0.15) is 53.0 Å². The monoisotopic (exact) mass is 679 g/mol. The van der Waals surface area contributed by atoms with Crippen LogP contribution in [0.5, 0.6) is 0 Å². The van der Waals surface area contributed by atoms with Gasteiger partial charge >= 0.3 is 12.4 Å². The summed E-state index contributed by atoms with van der Waals surface area (Å²) in [6.45, 7) is 0.916. The molecular formula is C30H29ClF7N3O3S. The predicted octanol–water partition coefficient (Wildman–Crippen LogP) is 6.97. The summed E-state index contributed by atoms with van der Waals surface area (Å²) in [5.74, 6) is -2.68. The van der Waals surface area contributed by atoms with Crippen LogP contribution in [0.15, 0.2) is 65.8 Å². The first kappa shape index (κ1) is 34.6. The summed E-state index contributed by atoms with van der Waals surface area (Å²) < 4.78 is 123. The maximum atomic E-state index is 14.2. The number of benzene rings is 2. The Balaban J connectivity index is 0.00000461. The van der Waals surface area contributed by atoms with Gasteiger partial charge in [0.15, 0.2) is 0 Å². The van der Waals surface area contributed by atoms with E-state index in [0.717, 1.165) is 0 Å². The van der Waals surface area contributed by atoms with Crippen molar-refractivity contribution < 1.29 is 43.9 Å². The van der Waals surface area contributed by atoms with Crippen LogP contribution in [-0.4, -0.2) is 47.6 Å². The lowest BCUT2D eigenvalue weighted by atomic mass is 9.79. The zero-order valence-corrected chi connectivity index (χ0v) is 25.4. The minimum atomic E-state index is -5.04. The number of nitrogens with zero attached hydrogens (tertiary/aromatic N) is 3. The molecule has 45 heavy (non-hydrogen) atoms. The molecule has 2 aromatic carbocycles. The zero-order valence-electron chi connectivity index (χ0n) is 23.8. The maximum Gasteiger partial charge on any atom is 0.416 e. The van der Waals surface area contributed by atoms with Crippen molar-refractivity contribution in [1.29, 1.82) is 0 Å². The van der Waals surface area contributed by atoms with Crippen LogP contribution in [0.3, 0.4) is 0 Å². The molecule has 1 saturated carbocycles. The van der Waals surface area contributed by atoms with Gasteiger partial charge in [-0.2, -0.15) is 30.6 Å². The van der Waals surface area contributed by atoms with E-state index < -0.39 is 69.6 Å². The standard InChI is InChI=1S/C30H28F7N3O3S.ClH/c1-18-11-22(31)4-7-25(18)27-17-39(44(42,43)24-3-2-9-38-15-24)10-8-26(27)28(41)40(23-5-6-23)16-19-12-20(29(32,33)34)14-21(13-19)30(35,36)37;/h2-4,7,9,11-15,23,26-27H,5-6,8,10,16-17H2,1H3;1H. The minimum absolute atomic E-state index is 0. The van der Waals surface area contributed by atoms with Gasteiger partial charge in [0.2, 0.25) is 15.9 Å². The van der Waals surface area contributed by atoms with Gasteiger partial charge < -0.3 is 4.90 Å². The van der Waals surface area contributed by atoms with Gasteiger partial charge in [0.05, 0.1) is 11.1 Å². The summed E-state index contributed by atoms with van der Waals surface area (Å²) in [5, 5.41) is 0. The summed E-state index contributed by atoms with van der Waals surface area (Å²) >= 11 is 0. The highest BCUT2D eigenvalue weighted by atomic mass is 35.5. The fourth-order valence-corrected chi connectivity index (χ4v) is 7.19. The van der Waals surface area contributed by atoms with E-state index >= 15 is 0 Å². The lowest BCUT2D eigenvalue weighted by Gasteiger charge is -2.40. The van der Waals surface area contributed by atoms with Gasteiger partial charge in [0.1, 0.15) is 10.7 Å². The molecule has 1 amide bonds. The normalized spacial score (nSPS) is 19.6. The average Bonchev–Trinajstić information content (AvgIpc) is 3.80. The number of carbonyl (C=O) groups excluding carboxylic acids is 1. The molecule has 1 aromatic heterocycles. The molecule has 1 saturated heterocycles. The van der Waals surface area contributed by atoms with E-state index in [1.165, 1.54) is 51.9 Å². The summed E-state index contributed by atoms with van der Waals surface area (Å²) in [6.07, 6.45) is -6.40. The third-order valence-corrected chi connectivity index (χ3v) is 9.92. The second kappa shape index (κ2) is 12.9. The molecule has 6 nitrogen and oxygen atoms in total. The number of aryl methyl sites for hydroxylation is 1. The number of carbonyl (C=O) groups is 1. The summed E-state index contributed by atoms with van der Waals surface area (Å²) in [5.41, 5.74) is -2.28. The molecule has 3 aromatic rings. The van der Waals surface area contributed by atoms with Crippen molar-refractivity contribution in [2.24, 2.45) is 5.92 Å². The van der Waals surface area contributed by atoms with Gasteiger partial charge in [-0.05, 0) is 85.3 Å². The lowest BCUT2D eigenvalue weighted by molar-refractivity contribution is -0.143. The molecule has 15 heteroatoms. The number of hydrogen-bond acceptors (Lipinski definition) is 4. The molecule has 2 unspecified atom stereocenters. The molecular weight excluding hydrogens is 651 g/mol. The maximum absolute atomic E-state index is 14.2. The van der Waals surface area contributed by atoms with Gasteiger partial charge in [-0.1, -0.05) is 6.07 Å². The Morgan fingerprint density at radius 1 is 0.978 bits per heavy atom. The van der Waals surface area contributed by atoms with Crippen molar-refractivity contribution in [3.8, 4) is 0 Å². The minimum Gasteiger partial charge on any atom is -0.335 e. The van der Waals surface area contributed by atoms with Crippen LogP contribution < -0.4 is 0 Å². The Hall–Kier alpha value is -3.23. The van der Waals surface area contributed by atoms with Crippen LogP contribution in [0.2, 0.25) is 0 Å². The number of alkyl halides is 6. The Bertz CT molecular complexity index is 1620. The molecule has 1 aliphatic heterocycles. The number of halogens is 8. The SMILES string of the molecule is Cc1cc(F)ccc1C1CN(S(=O)(=O)c2cccnc2)CCC1C(=O)N(Cc1cc(C(F)(F)F)cc(C(F)(F)F)c1)C1CC1.Cl. The second-order valence-electron chi connectivity index (χ2n) is 11.2. The van der Waals surface area contributed by atoms with Crippen molar-refractivity contribution in [2.45, 2.75) is 61.9 Å². The second-order valence-corrected chi connectivity index (χ2v) is 13.1. The van der Waals surface area contributed by atoms with E-state index in [0.29, 0.717) is 36.1 Å². The van der Waals surface area contributed by atoms with Crippen LogP contribution in [0.4, 0.5) is 30.7 Å². The third kappa shape index (κ3) is 7.60. The van der Waals surface area contributed by atoms with E-state index in [1.807, 2.05) is 0 Å². The van der Waals surface area contributed by atoms with E-state index in [4.69, 9.17) is 0 Å². The number of pyridine rings is 1. The summed E-state index contributed by atoms with van der Waals surface area (Å²) in [7, 11) is -4.02. The number of aromatic nitrogens is 1. The quantitative estimate of drug-likeness (QED) is 0.253. The van der Waals surface area contributed by atoms with Gasteiger partial charge in [0.25, 0.3) is 0 Å². The topological polar surface area (TPSA) is 70.6 Å². The summed E-state index contributed by atoms with van der Waals surface area (Å²) in [6, 6.07) is 7.65. The molecule has 2 fully saturated rings. The van der Waals surface area contributed by atoms with Gasteiger partial charge in [0, 0.05) is 49.9 Å². The van der Waals surface area contributed by atoms with Crippen molar-refractivity contribution in [1.82, 2.24) is 14.2 Å².